The van der Waals surface area contributed by atoms with Crippen LogP contribution in [-0.2, 0) is 0 Å². The molecule has 2 heterocycles. The van der Waals surface area contributed by atoms with E-state index >= 15 is 0 Å². The van der Waals surface area contributed by atoms with Crippen molar-refractivity contribution in [2.24, 2.45) is 0 Å². The maximum Gasteiger partial charge on any atom is 0.190 e. The Morgan fingerprint density at radius 3 is 2.80 bits per heavy atom. The number of aryl methyl sites for hydroxylation is 1. The summed E-state index contributed by atoms with van der Waals surface area (Å²) in [4.78, 5) is 13.0. The average Bonchev–Trinajstić information content (AvgIpc) is 2.77. The van der Waals surface area contributed by atoms with E-state index in [4.69, 9.17) is 11.6 Å². The van der Waals surface area contributed by atoms with Gasteiger partial charge in [0.2, 0.25) is 0 Å². The molecule has 1 aromatic rings. The van der Waals surface area contributed by atoms with E-state index in [1.165, 1.54) is 11.3 Å². The minimum atomic E-state index is -0.235. The molecule has 1 fully saturated rings. The smallest absolute Gasteiger partial charge is 0.190 e. The predicted molar refractivity (Wildman–Crippen MR) is 68.5 cm³/mol. The summed E-state index contributed by atoms with van der Waals surface area (Å²) in [5, 5.41) is 2.61. The Morgan fingerprint density at radius 2 is 2.33 bits per heavy atom. The highest BCUT2D eigenvalue weighted by Crippen LogP contribution is 2.42. The Morgan fingerprint density at radius 1 is 1.60 bits per heavy atom. The lowest BCUT2D eigenvalue weighted by atomic mass is 9.99. The molecule has 1 nitrogen and oxygen atoms in total. The number of hydrogen-bond acceptors (Lipinski definition) is 3. The Bertz CT molecular complexity index is 391. The van der Waals surface area contributed by atoms with Crippen molar-refractivity contribution in [3.63, 3.8) is 0 Å². The molecule has 82 valence electrons. The highest BCUT2D eigenvalue weighted by molar-refractivity contribution is 8.01. The fourth-order valence-electron chi connectivity index (χ4n) is 1.78. The normalized spacial score (nSPS) is 25.8. The first kappa shape index (κ1) is 11.5. The highest BCUT2D eigenvalue weighted by atomic mass is 35.5. The number of Topliss-reactive ketones (excluding diaryl/α,β-unsaturated/α-hetero) is 1. The average molecular weight is 261 g/mol. The number of thiophene rings is 1. The van der Waals surface area contributed by atoms with Crippen molar-refractivity contribution in [3.05, 3.63) is 20.8 Å². The van der Waals surface area contributed by atoms with Crippen LogP contribution in [0.25, 0.3) is 0 Å². The van der Waals surface area contributed by atoms with Gasteiger partial charge < -0.3 is 0 Å². The van der Waals surface area contributed by atoms with Crippen LogP contribution in [0.2, 0.25) is 5.02 Å². The predicted octanol–water partition coefficient (Wildman–Crippen LogP) is 4.18. The third-order valence-electron chi connectivity index (χ3n) is 2.80. The molecule has 1 aliphatic rings. The fourth-order valence-corrected chi connectivity index (χ4v) is 4.45. The Balaban J connectivity index is 2.32. The van der Waals surface area contributed by atoms with Gasteiger partial charge in [0, 0.05) is 0 Å². The molecule has 0 bridgehead atoms. The second kappa shape index (κ2) is 4.11. The molecule has 1 aromatic heterocycles. The van der Waals surface area contributed by atoms with E-state index in [0.717, 1.165) is 29.0 Å². The van der Waals surface area contributed by atoms with Gasteiger partial charge in [0.05, 0.1) is 14.6 Å². The van der Waals surface area contributed by atoms with E-state index in [2.05, 4.69) is 0 Å². The lowest BCUT2D eigenvalue weighted by molar-refractivity contribution is 0.0953. The van der Waals surface area contributed by atoms with E-state index in [1.54, 1.807) is 11.8 Å². The molecule has 4 heteroatoms. The summed E-state index contributed by atoms with van der Waals surface area (Å²) in [5.74, 6) is 1.30. The second-order valence-corrected chi connectivity index (χ2v) is 6.93. The first-order chi connectivity index (χ1) is 7.04. The van der Waals surface area contributed by atoms with Crippen LogP contribution in [0.1, 0.15) is 35.0 Å². The SMILES string of the molecule is Cc1csc(C(=O)C2(C)CCCS2)c1Cl. The van der Waals surface area contributed by atoms with Crippen LogP contribution < -0.4 is 0 Å². The van der Waals surface area contributed by atoms with Gasteiger partial charge in [-0.2, -0.15) is 0 Å². The number of hydrogen-bond donors (Lipinski definition) is 0. The van der Waals surface area contributed by atoms with Crippen molar-refractivity contribution in [1.82, 2.24) is 0 Å². The number of ketones is 1. The van der Waals surface area contributed by atoms with E-state index < -0.39 is 0 Å². The molecule has 15 heavy (non-hydrogen) atoms. The maximum atomic E-state index is 12.3. The van der Waals surface area contributed by atoms with Crippen LogP contribution in [0.3, 0.4) is 0 Å². The van der Waals surface area contributed by atoms with Gasteiger partial charge in [0.15, 0.2) is 5.78 Å². The summed E-state index contributed by atoms with van der Waals surface area (Å²) in [7, 11) is 0. The van der Waals surface area contributed by atoms with Gasteiger partial charge in [0.1, 0.15) is 0 Å². The van der Waals surface area contributed by atoms with E-state index in [1.807, 2.05) is 19.2 Å². The third kappa shape index (κ3) is 1.97. The van der Waals surface area contributed by atoms with E-state index in [0.29, 0.717) is 5.02 Å². The molecule has 1 unspecified atom stereocenters. The zero-order chi connectivity index (χ0) is 11.1. The molecule has 0 aliphatic carbocycles. The van der Waals surface area contributed by atoms with Crippen LogP contribution >= 0.6 is 34.7 Å². The van der Waals surface area contributed by atoms with Gasteiger partial charge in [-0.15, -0.1) is 23.1 Å². The summed E-state index contributed by atoms with van der Waals surface area (Å²) < 4.78 is -0.235. The minimum Gasteiger partial charge on any atom is -0.292 e. The molecular formula is C11H13ClOS2. The van der Waals surface area contributed by atoms with Gasteiger partial charge in [-0.1, -0.05) is 11.6 Å². The van der Waals surface area contributed by atoms with Crippen LogP contribution in [0, 0.1) is 6.92 Å². The molecular weight excluding hydrogens is 248 g/mol. The second-order valence-electron chi connectivity index (χ2n) is 4.07. The molecule has 1 aliphatic heterocycles. The van der Waals surface area contributed by atoms with Crippen molar-refractivity contribution in [2.45, 2.75) is 31.4 Å². The van der Waals surface area contributed by atoms with Crippen molar-refractivity contribution in [2.75, 3.05) is 5.75 Å². The standard InChI is InChI=1S/C11H13ClOS2/c1-7-6-14-9(8(7)12)10(13)11(2)4-3-5-15-11/h6H,3-5H2,1-2H3. The Labute approximate surface area is 103 Å². The number of carbonyl (C=O) groups is 1. The zero-order valence-corrected chi connectivity index (χ0v) is 11.2. The quantitative estimate of drug-likeness (QED) is 0.742. The van der Waals surface area contributed by atoms with E-state index in [-0.39, 0.29) is 10.5 Å². The van der Waals surface area contributed by atoms with Crippen LogP contribution in [0.4, 0.5) is 0 Å². The molecule has 0 radical (unpaired) electrons. The minimum absolute atomic E-state index is 0.216. The summed E-state index contributed by atoms with van der Waals surface area (Å²) in [6.07, 6.45) is 2.11. The molecule has 0 saturated carbocycles. The van der Waals surface area contributed by atoms with E-state index in [9.17, 15) is 4.79 Å². The third-order valence-corrected chi connectivity index (χ3v) is 6.02. The van der Waals surface area contributed by atoms with Crippen molar-refractivity contribution >= 4 is 40.5 Å². The van der Waals surface area contributed by atoms with Gasteiger partial charge in [-0.05, 0) is 43.4 Å². The Hall–Kier alpha value is 0.01000. The molecule has 0 amide bonds. The van der Waals surface area contributed by atoms with Crippen molar-refractivity contribution < 1.29 is 4.79 Å². The molecule has 2 rings (SSSR count). The maximum absolute atomic E-state index is 12.3. The fraction of sp³-hybridized carbons (Fsp3) is 0.545. The first-order valence-corrected chi connectivity index (χ1v) is 7.21. The number of rotatable bonds is 2. The lowest BCUT2D eigenvalue weighted by Gasteiger charge is -2.19. The monoisotopic (exact) mass is 260 g/mol. The Kier molecular flexibility index (Phi) is 3.15. The molecule has 0 spiro atoms. The molecule has 0 N–H and O–H groups in total. The van der Waals surface area contributed by atoms with Gasteiger partial charge in [-0.3, -0.25) is 4.79 Å². The summed E-state index contributed by atoms with van der Waals surface area (Å²) >= 11 is 9.36. The van der Waals surface area contributed by atoms with Crippen LogP contribution in [-0.4, -0.2) is 16.3 Å². The first-order valence-electron chi connectivity index (χ1n) is 4.97. The van der Waals surface area contributed by atoms with Crippen LogP contribution in [0.15, 0.2) is 5.38 Å². The number of halogens is 1. The number of carbonyl (C=O) groups excluding carboxylic acids is 1. The lowest BCUT2D eigenvalue weighted by Crippen LogP contribution is -2.28. The van der Waals surface area contributed by atoms with Gasteiger partial charge >= 0.3 is 0 Å². The molecule has 1 saturated heterocycles. The van der Waals surface area contributed by atoms with Gasteiger partial charge in [0.25, 0.3) is 0 Å². The summed E-state index contributed by atoms with van der Waals surface area (Å²) in [5.41, 5.74) is 1.01. The summed E-state index contributed by atoms with van der Waals surface area (Å²) in [6.45, 7) is 3.98. The van der Waals surface area contributed by atoms with Gasteiger partial charge in [-0.25, -0.2) is 0 Å². The largest absolute Gasteiger partial charge is 0.292 e. The van der Waals surface area contributed by atoms with Crippen LogP contribution in [0.5, 0.6) is 0 Å². The topological polar surface area (TPSA) is 17.1 Å². The molecule has 0 aromatic carbocycles. The van der Waals surface area contributed by atoms with Crippen molar-refractivity contribution in [3.8, 4) is 0 Å². The highest BCUT2D eigenvalue weighted by Gasteiger charge is 2.39. The zero-order valence-electron chi connectivity index (χ0n) is 8.80. The van der Waals surface area contributed by atoms with Crippen molar-refractivity contribution in [1.29, 1.82) is 0 Å². The summed E-state index contributed by atoms with van der Waals surface area (Å²) in [6, 6.07) is 0. The number of thioether (sulfide) groups is 1. The molecule has 1 atom stereocenters.